The summed E-state index contributed by atoms with van der Waals surface area (Å²) >= 11 is 5.88. The Hall–Kier alpha value is -2.20. The zero-order valence-electron chi connectivity index (χ0n) is 15.6. The maximum Gasteiger partial charge on any atom is 0.321 e. The van der Waals surface area contributed by atoms with Crippen molar-refractivity contribution in [3.63, 3.8) is 0 Å². The van der Waals surface area contributed by atoms with Crippen LogP contribution >= 0.6 is 11.6 Å². The average Bonchev–Trinajstić information content (AvgIpc) is 2.63. The van der Waals surface area contributed by atoms with Crippen molar-refractivity contribution < 1.29 is 4.79 Å². The van der Waals surface area contributed by atoms with Gasteiger partial charge in [-0.1, -0.05) is 44.5 Å². The largest absolute Gasteiger partial charge is 0.368 e. The first kappa shape index (κ1) is 18.6. The van der Waals surface area contributed by atoms with E-state index in [1.807, 2.05) is 17.0 Å². The van der Waals surface area contributed by atoms with Gasteiger partial charge in [0.05, 0.1) is 0 Å². The van der Waals surface area contributed by atoms with Crippen molar-refractivity contribution >= 4 is 29.0 Å². The van der Waals surface area contributed by atoms with Gasteiger partial charge < -0.3 is 15.1 Å². The molecule has 0 aromatic heterocycles. The third-order valence-corrected chi connectivity index (χ3v) is 5.01. The molecule has 1 fully saturated rings. The molecule has 1 saturated heterocycles. The number of amides is 2. The van der Waals surface area contributed by atoms with E-state index >= 15 is 0 Å². The molecule has 2 aromatic carbocycles. The second-order valence-corrected chi connectivity index (χ2v) is 8.14. The molecule has 1 N–H and O–H groups in total. The van der Waals surface area contributed by atoms with Gasteiger partial charge in [0, 0.05) is 42.6 Å². The van der Waals surface area contributed by atoms with E-state index in [9.17, 15) is 4.79 Å². The molecule has 3 rings (SSSR count). The Labute approximate surface area is 160 Å². The standard InChI is InChI=1S/C21H26ClN3O/c1-21(2,3)16-4-10-19(11-5-16)24-12-14-25(15-13-24)20(26)23-18-8-6-17(22)7-9-18/h4-11H,12-15H2,1-3H3,(H,23,26). The van der Waals surface area contributed by atoms with Crippen LogP contribution in [0.15, 0.2) is 48.5 Å². The lowest BCUT2D eigenvalue weighted by molar-refractivity contribution is 0.208. The lowest BCUT2D eigenvalue weighted by Crippen LogP contribution is -2.50. The van der Waals surface area contributed by atoms with Gasteiger partial charge in [0.15, 0.2) is 0 Å². The maximum atomic E-state index is 12.4. The molecule has 4 nitrogen and oxygen atoms in total. The van der Waals surface area contributed by atoms with E-state index in [2.05, 4.69) is 55.3 Å². The SMILES string of the molecule is CC(C)(C)c1ccc(N2CCN(C(=O)Nc3ccc(Cl)cc3)CC2)cc1. The van der Waals surface area contributed by atoms with Gasteiger partial charge >= 0.3 is 6.03 Å². The summed E-state index contributed by atoms with van der Waals surface area (Å²) in [6.07, 6.45) is 0. The Balaban J connectivity index is 1.55. The van der Waals surface area contributed by atoms with E-state index in [1.165, 1.54) is 11.3 Å². The van der Waals surface area contributed by atoms with Crippen molar-refractivity contribution in [1.29, 1.82) is 0 Å². The summed E-state index contributed by atoms with van der Waals surface area (Å²) in [7, 11) is 0. The number of urea groups is 1. The summed E-state index contributed by atoms with van der Waals surface area (Å²) in [5, 5.41) is 3.59. The van der Waals surface area contributed by atoms with E-state index < -0.39 is 0 Å². The van der Waals surface area contributed by atoms with Crippen LogP contribution in [-0.2, 0) is 5.41 Å². The lowest BCUT2D eigenvalue weighted by Gasteiger charge is -2.36. The van der Waals surface area contributed by atoms with Crippen LogP contribution in [0, 0.1) is 0 Å². The van der Waals surface area contributed by atoms with Crippen molar-refractivity contribution in [3.8, 4) is 0 Å². The summed E-state index contributed by atoms with van der Waals surface area (Å²) < 4.78 is 0. The number of hydrogen-bond donors (Lipinski definition) is 1. The molecule has 5 heteroatoms. The molecule has 26 heavy (non-hydrogen) atoms. The number of rotatable bonds is 2. The topological polar surface area (TPSA) is 35.6 Å². The van der Waals surface area contributed by atoms with Gasteiger partial charge in [0.2, 0.25) is 0 Å². The fourth-order valence-corrected chi connectivity index (χ4v) is 3.20. The van der Waals surface area contributed by atoms with Gasteiger partial charge in [-0.25, -0.2) is 4.79 Å². The third kappa shape index (κ3) is 4.50. The molecule has 0 aliphatic carbocycles. The number of carbonyl (C=O) groups is 1. The summed E-state index contributed by atoms with van der Waals surface area (Å²) in [5.74, 6) is 0. The number of halogens is 1. The van der Waals surface area contributed by atoms with Crippen LogP contribution in [0.25, 0.3) is 0 Å². The number of benzene rings is 2. The monoisotopic (exact) mass is 371 g/mol. The normalized spacial score (nSPS) is 15.1. The van der Waals surface area contributed by atoms with Crippen LogP contribution in [0.2, 0.25) is 5.02 Å². The van der Waals surface area contributed by atoms with Gasteiger partial charge in [-0.2, -0.15) is 0 Å². The summed E-state index contributed by atoms with van der Waals surface area (Å²) in [5.41, 5.74) is 3.48. The number of nitrogens with zero attached hydrogens (tertiary/aromatic N) is 2. The zero-order chi connectivity index (χ0) is 18.7. The van der Waals surface area contributed by atoms with Crippen LogP contribution in [0.4, 0.5) is 16.2 Å². The number of piperazine rings is 1. The highest BCUT2D eigenvalue weighted by atomic mass is 35.5. The molecule has 0 atom stereocenters. The van der Waals surface area contributed by atoms with Crippen molar-refractivity contribution in [2.45, 2.75) is 26.2 Å². The maximum absolute atomic E-state index is 12.4. The van der Waals surface area contributed by atoms with Crippen LogP contribution in [0.3, 0.4) is 0 Å². The highest BCUT2D eigenvalue weighted by molar-refractivity contribution is 6.30. The van der Waals surface area contributed by atoms with E-state index in [-0.39, 0.29) is 11.4 Å². The number of nitrogens with one attached hydrogen (secondary N) is 1. The first-order valence-corrected chi connectivity index (χ1v) is 9.38. The van der Waals surface area contributed by atoms with Crippen molar-refractivity contribution in [2.24, 2.45) is 0 Å². The first-order chi connectivity index (χ1) is 12.3. The molecule has 2 amide bonds. The van der Waals surface area contributed by atoms with E-state index in [0.29, 0.717) is 18.1 Å². The minimum atomic E-state index is -0.0601. The second-order valence-electron chi connectivity index (χ2n) is 7.71. The summed E-state index contributed by atoms with van der Waals surface area (Å²) in [6, 6.07) is 15.9. The predicted octanol–water partition coefficient (Wildman–Crippen LogP) is 4.99. The molecule has 1 heterocycles. The fourth-order valence-electron chi connectivity index (χ4n) is 3.08. The van der Waals surface area contributed by atoms with Gasteiger partial charge in [0.1, 0.15) is 0 Å². The van der Waals surface area contributed by atoms with Gasteiger partial charge in [-0.15, -0.1) is 0 Å². The lowest BCUT2D eigenvalue weighted by atomic mass is 9.87. The Bertz CT molecular complexity index is 742. The molecule has 0 unspecified atom stereocenters. The molecule has 0 radical (unpaired) electrons. The fraction of sp³-hybridized carbons (Fsp3) is 0.381. The minimum absolute atomic E-state index is 0.0601. The van der Waals surface area contributed by atoms with Crippen LogP contribution in [0.1, 0.15) is 26.3 Å². The van der Waals surface area contributed by atoms with Crippen molar-refractivity contribution in [1.82, 2.24) is 4.90 Å². The highest BCUT2D eigenvalue weighted by Crippen LogP contribution is 2.25. The number of carbonyl (C=O) groups excluding carboxylic acids is 1. The van der Waals surface area contributed by atoms with E-state index in [1.54, 1.807) is 12.1 Å². The van der Waals surface area contributed by atoms with Crippen LogP contribution in [0.5, 0.6) is 0 Å². The predicted molar refractivity (Wildman–Crippen MR) is 109 cm³/mol. The Morgan fingerprint density at radius 2 is 1.50 bits per heavy atom. The minimum Gasteiger partial charge on any atom is -0.368 e. The Morgan fingerprint density at radius 1 is 0.923 bits per heavy atom. The van der Waals surface area contributed by atoms with Crippen LogP contribution in [-0.4, -0.2) is 37.1 Å². The zero-order valence-corrected chi connectivity index (χ0v) is 16.4. The first-order valence-electron chi connectivity index (χ1n) is 9.00. The van der Waals surface area contributed by atoms with Gasteiger partial charge in [-0.05, 0) is 47.4 Å². The molecule has 2 aromatic rings. The van der Waals surface area contributed by atoms with Crippen LogP contribution < -0.4 is 10.2 Å². The molecule has 0 saturated carbocycles. The molecule has 1 aliphatic rings. The second kappa shape index (κ2) is 7.58. The summed E-state index contributed by atoms with van der Waals surface area (Å²) in [4.78, 5) is 16.6. The molecule has 1 aliphatic heterocycles. The Kier molecular flexibility index (Phi) is 5.42. The average molecular weight is 372 g/mol. The number of hydrogen-bond acceptors (Lipinski definition) is 2. The summed E-state index contributed by atoms with van der Waals surface area (Å²) in [6.45, 7) is 9.76. The van der Waals surface area contributed by atoms with Gasteiger partial charge in [0.25, 0.3) is 0 Å². The van der Waals surface area contributed by atoms with E-state index in [0.717, 1.165) is 18.8 Å². The van der Waals surface area contributed by atoms with Crippen molar-refractivity contribution in [3.05, 3.63) is 59.1 Å². The van der Waals surface area contributed by atoms with E-state index in [4.69, 9.17) is 11.6 Å². The molecular weight excluding hydrogens is 346 g/mol. The highest BCUT2D eigenvalue weighted by Gasteiger charge is 2.22. The molecule has 0 bridgehead atoms. The Morgan fingerprint density at radius 3 is 2.04 bits per heavy atom. The quantitative estimate of drug-likeness (QED) is 0.807. The molecule has 0 spiro atoms. The third-order valence-electron chi connectivity index (χ3n) is 4.76. The van der Waals surface area contributed by atoms with Gasteiger partial charge in [-0.3, -0.25) is 0 Å². The molecular formula is C21H26ClN3O. The number of anilines is 2. The smallest absolute Gasteiger partial charge is 0.321 e. The van der Waals surface area contributed by atoms with Crippen molar-refractivity contribution in [2.75, 3.05) is 36.4 Å². The molecule has 138 valence electrons.